The number of ether oxygens (including phenoxy) is 1. The molecule has 1 aromatic carbocycles. The second-order valence-electron chi connectivity index (χ2n) is 5.20. The molecule has 0 radical (unpaired) electrons. The van der Waals surface area contributed by atoms with Crippen molar-refractivity contribution in [2.24, 2.45) is 5.92 Å². The number of piperidine rings is 1. The standard InChI is InChI=1S/C14H20N2O4S/c1-20-14(17)12-5-7-16(8-6-12)21(18,19)10-11-3-2-4-13(15)9-11/h2-4,9,12H,5-8,10,15H2,1H3. The Balaban J connectivity index is 2.00. The number of sulfonamides is 1. The first-order valence-electron chi connectivity index (χ1n) is 6.82. The second-order valence-corrected chi connectivity index (χ2v) is 7.17. The minimum absolute atomic E-state index is 0.0685. The quantitative estimate of drug-likeness (QED) is 0.661. The number of esters is 1. The molecular weight excluding hydrogens is 292 g/mol. The van der Waals surface area contributed by atoms with E-state index >= 15 is 0 Å². The number of hydrogen-bond acceptors (Lipinski definition) is 5. The van der Waals surface area contributed by atoms with Crippen molar-refractivity contribution in [3.8, 4) is 0 Å². The number of anilines is 1. The van der Waals surface area contributed by atoms with E-state index in [1.54, 1.807) is 24.3 Å². The summed E-state index contributed by atoms with van der Waals surface area (Å²) in [5.41, 5.74) is 6.88. The zero-order chi connectivity index (χ0) is 15.5. The number of methoxy groups -OCH3 is 1. The van der Waals surface area contributed by atoms with E-state index in [-0.39, 0.29) is 17.6 Å². The molecule has 1 fully saturated rings. The largest absolute Gasteiger partial charge is 0.469 e. The molecule has 0 aromatic heterocycles. The van der Waals surface area contributed by atoms with E-state index in [0.717, 1.165) is 0 Å². The highest BCUT2D eigenvalue weighted by molar-refractivity contribution is 7.88. The Bertz CT molecular complexity index is 607. The first-order chi connectivity index (χ1) is 9.92. The van der Waals surface area contributed by atoms with Gasteiger partial charge in [-0.25, -0.2) is 12.7 Å². The summed E-state index contributed by atoms with van der Waals surface area (Å²) in [5.74, 6) is -0.530. The third-order valence-corrected chi connectivity index (χ3v) is 5.53. The van der Waals surface area contributed by atoms with E-state index in [9.17, 15) is 13.2 Å². The van der Waals surface area contributed by atoms with Gasteiger partial charge in [-0.15, -0.1) is 0 Å². The van der Waals surface area contributed by atoms with Crippen molar-refractivity contribution in [1.29, 1.82) is 0 Å². The van der Waals surface area contributed by atoms with Crippen LogP contribution < -0.4 is 5.73 Å². The maximum absolute atomic E-state index is 12.4. The molecule has 2 rings (SSSR count). The van der Waals surface area contributed by atoms with E-state index in [1.807, 2.05) is 0 Å². The average molecular weight is 312 g/mol. The Hall–Kier alpha value is -1.60. The van der Waals surface area contributed by atoms with Crippen LogP contribution in [0.5, 0.6) is 0 Å². The van der Waals surface area contributed by atoms with Gasteiger partial charge in [0, 0.05) is 18.8 Å². The van der Waals surface area contributed by atoms with E-state index in [1.165, 1.54) is 11.4 Å². The second kappa shape index (κ2) is 6.44. The summed E-state index contributed by atoms with van der Waals surface area (Å²) in [6.07, 6.45) is 1.01. The molecule has 0 saturated carbocycles. The van der Waals surface area contributed by atoms with Crippen LogP contribution in [0.1, 0.15) is 18.4 Å². The number of nitrogen functional groups attached to an aromatic ring is 1. The van der Waals surface area contributed by atoms with Crippen LogP contribution in [-0.4, -0.2) is 38.9 Å². The number of hydrogen-bond donors (Lipinski definition) is 1. The SMILES string of the molecule is COC(=O)C1CCN(S(=O)(=O)Cc2cccc(N)c2)CC1. The molecule has 0 amide bonds. The van der Waals surface area contributed by atoms with Crippen LogP contribution in [0, 0.1) is 5.92 Å². The number of nitrogens with two attached hydrogens (primary N) is 1. The summed E-state index contributed by atoms with van der Waals surface area (Å²) >= 11 is 0. The third kappa shape index (κ3) is 3.95. The van der Waals surface area contributed by atoms with Crippen LogP contribution in [0.2, 0.25) is 0 Å². The fourth-order valence-corrected chi connectivity index (χ4v) is 4.07. The number of carbonyl (C=O) groups excluding carboxylic acids is 1. The maximum Gasteiger partial charge on any atom is 0.308 e. The topological polar surface area (TPSA) is 89.7 Å². The van der Waals surface area contributed by atoms with Crippen molar-refractivity contribution in [3.63, 3.8) is 0 Å². The molecule has 1 aliphatic heterocycles. The van der Waals surface area contributed by atoms with Gasteiger partial charge in [0.15, 0.2) is 0 Å². The van der Waals surface area contributed by atoms with Gasteiger partial charge in [-0.1, -0.05) is 12.1 Å². The molecule has 1 aromatic rings. The lowest BCUT2D eigenvalue weighted by atomic mass is 9.99. The van der Waals surface area contributed by atoms with Gasteiger partial charge in [0.25, 0.3) is 0 Å². The predicted octanol–water partition coefficient (Wildman–Crippen LogP) is 0.984. The number of benzene rings is 1. The summed E-state index contributed by atoms with van der Waals surface area (Å²) < 4.78 is 30.9. The monoisotopic (exact) mass is 312 g/mol. The van der Waals surface area contributed by atoms with E-state index in [0.29, 0.717) is 37.2 Å². The molecule has 0 aliphatic carbocycles. The van der Waals surface area contributed by atoms with Gasteiger partial charge < -0.3 is 10.5 Å². The van der Waals surface area contributed by atoms with Crippen molar-refractivity contribution >= 4 is 21.7 Å². The van der Waals surface area contributed by atoms with Crippen molar-refractivity contribution in [2.45, 2.75) is 18.6 Å². The zero-order valence-corrected chi connectivity index (χ0v) is 12.8. The van der Waals surface area contributed by atoms with Gasteiger partial charge in [0.1, 0.15) is 0 Å². The fourth-order valence-electron chi connectivity index (χ4n) is 2.52. The Kier molecular flexibility index (Phi) is 4.84. The first kappa shape index (κ1) is 15.8. The van der Waals surface area contributed by atoms with Crippen LogP contribution in [0.4, 0.5) is 5.69 Å². The third-order valence-electron chi connectivity index (χ3n) is 3.68. The molecule has 0 unspecified atom stereocenters. The first-order valence-corrected chi connectivity index (χ1v) is 8.43. The molecule has 0 atom stereocenters. The minimum Gasteiger partial charge on any atom is -0.469 e. The summed E-state index contributed by atoms with van der Waals surface area (Å²) in [7, 11) is -2.03. The van der Waals surface area contributed by atoms with E-state index < -0.39 is 10.0 Å². The minimum atomic E-state index is -3.38. The Morgan fingerprint density at radius 3 is 2.62 bits per heavy atom. The number of carbonyl (C=O) groups is 1. The Morgan fingerprint density at radius 2 is 2.05 bits per heavy atom. The Labute approximate surface area is 124 Å². The van der Waals surface area contributed by atoms with Crippen LogP contribution in [0.3, 0.4) is 0 Å². The highest BCUT2D eigenvalue weighted by atomic mass is 32.2. The van der Waals surface area contributed by atoms with Crippen molar-refractivity contribution < 1.29 is 17.9 Å². The molecular formula is C14H20N2O4S. The van der Waals surface area contributed by atoms with Crippen LogP contribution in [-0.2, 0) is 25.3 Å². The molecule has 1 saturated heterocycles. The summed E-state index contributed by atoms with van der Waals surface area (Å²) in [6, 6.07) is 6.87. The fraction of sp³-hybridized carbons (Fsp3) is 0.500. The van der Waals surface area contributed by atoms with Crippen LogP contribution in [0.15, 0.2) is 24.3 Å². The predicted molar refractivity (Wildman–Crippen MR) is 79.8 cm³/mol. The van der Waals surface area contributed by atoms with Gasteiger partial charge in [0.05, 0.1) is 18.8 Å². The average Bonchev–Trinajstić information content (AvgIpc) is 2.46. The normalized spacial score (nSPS) is 17.6. The van der Waals surface area contributed by atoms with Gasteiger partial charge in [-0.2, -0.15) is 0 Å². The number of rotatable bonds is 4. The van der Waals surface area contributed by atoms with E-state index in [4.69, 9.17) is 10.5 Å². The van der Waals surface area contributed by atoms with Crippen molar-refractivity contribution in [3.05, 3.63) is 29.8 Å². The molecule has 1 heterocycles. The van der Waals surface area contributed by atoms with Crippen LogP contribution >= 0.6 is 0 Å². The summed E-state index contributed by atoms with van der Waals surface area (Å²) in [4.78, 5) is 11.4. The molecule has 0 bridgehead atoms. The summed E-state index contributed by atoms with van der Waals surface area (Å²) in [6.45, 7) is 0.703. The van der Waals surface area contributed by atoms with Gasteiger partial charge in [-0.3, -0.25) is 4.79 Å². The molecule has 116 valence electrons. The molecule has 6 nitrogen and oxygen atoms in total. The van der Waals surface area contributed by atoms with Gasteiger partial charge in [0.2, 0.25) is 10.0 Å². The van der Waals surface area contributed by atoms with E-state index in [2.05, 4.69) is 0 Å². The molecule has 2 N–H and O–H groups in total. The lowest BCUT2D eigenvalue weighted by molar-refractivity contribution is -0.146. The van der Waals surface area contributed by atoms with Crippen molar-refractivity contribution in [2.75, 3.05) is 25.9 Å². The van der Waals surface area contributed by atoms with Crippen molar-refractivity contribution in [1.82, 2.24) is 4.31 Å². The zero-order valence-electron chi connectivity index (χ0n) is 12.0. The highest BCUT2D eigenvalue weighted by Gasteiger charge is 2.31. The van der Waals surface area contributed by atoms with Crippen LogP contribution in [0.25, 0.3) is 0 Å². The van der Waals surface area contributed by atoms with Gasteiger partial charge >= 0.3 is 5.97 Å². The smallest absolute Gasteiger partial charge is 0.308 e. The number of nitrogens with zero attached hydrogens (tertiary/aromatic N) is 1. The maximum atomic E-state index is 12.4. The molecule has 0 spiro atoms. The van der Waals surface area contributed by atoms with Gasteiger partial charge in [-0.05, 0) is 30.5 Å². The molecule has 21 heavy (non-hydrogen) atoms. The Morgan fingerprint density at radius 1 is 1.38 bits per heavy atom. The summed E-state index contributed by atoms with van der Waals surface area (Å²) in [5, 5.41) is 0. The lowest BCUT2D eigenvalue weighted by Gasteiger charge is -2.29. The molecule has 1 aliphatic rings. The lowest BCUT2D eigenvalue weighted by Crippen LogP contribution is -2.41. The molecule has 7 heteroatoms. The highest BCUT2D eigenvalue weighted by Crippen LogP contribution is 2.22.